The van der Waals surface area contributed by atoms with E-state index in [9.17, 15) is 8.42 Å². The highest BCUT2D eigenvalue weighted by Crippen LogP contribution is 2.13. The Balaban J connectivity index is 2.09. The van der Waals surface area contributed by atoms with Crippen LogP contribution in [0.15, 0.2) is 41.7 Å². The fraction of sp³-hybridized carbons (Fsp3) is 0.182. The third-order valence-corrected chi connectivity index (χ3v) is 3.88. The van der Waals surface area contributed by atoms with Crippen LogP contribution in [0.5, 0.6) is 0 Å². The Hall–Kier alpha value is -1.86. The van der Waals surface area contributed by atoms with Gasteiger partial charge in [-0.15, -0.1) is 0 Å². The fourth-order valence-corrected chi connectivity index (χ4v) is 2.44. The molecule has 6 nitrogen and oxygen atoms in total. The minimum absolute atomic E-state index is 0.191. The Morgan fingerprint density at radius 1 is 1.28 bits per heavy atom. The summed E-state index contributed by atoms with van der Waals surface area (Å²) in [6.07, 6.45) is 3.08. The van der Waals surface area contributed by atoms with Crippen LogP contribution in [0, 0.1) is 0 Å². The van der Waals surface area contributed by atoms with Crippen LogP contribution >= 0.6 is 0 Å². The van der Waals surface area contributed by atoms with Gasteiger partial charge < -0.3 is 10.3 Å². The summed E-state index contributed by atoms with van der Waals surface area (Å²) in [6, 6.07) is 6.54. The number of nitrogens with one attached hydrogen (secondary N) is 3. The number of aromatic nitrogens is 2. The van der Waals surface area contributed by atoms with Crippen LogP contribution in [0.1, 0.15) is 5.69 Å². The van der Waals surface area contributed by atoms with Crippen molar-refractivity contribution in [3.63, 3.8) is 0 Å². The molecule has 0 amide bonds. The molecule has 0 radical (unpaired) electrons. The molecule has 1 aromatic heterocycles. The Kier molecular flexibility index (Phi) is 3.63. The van der Waals surface area contributed by atoms with Crippen LogP contribution in [-0.2, 0) is 16.6 Å². The van der Waals surface area contributed by atoms with Crippen molar-refractivity contribution >= 4 is 15.7 Å². The highest BCUT2D eigenvalue weighted by Gasteiger charge is 2.13. The van der Waals surface area contributed by atoms with E-state index in [0.717, 1.165) is 5.69 Å². The zero-order chi connectivity index (χ0) is 13.0. The van der Waals surface area contributed by atoms with Gasteiger partial charge in [0.15, 0.2) is 0 Å². The van der Waals surface area contributed by atoms with E-state index in [1.807, 2.05) is 0 Å². The Morgan fingerprint density at radius 2 is 2.00 bits per heavy atom. The van der Waals surface area contributed by atoms with E-state index in [0.29, 0.717) is 5.69 Å². The highest BCUT2D eigenvalue weighted by atomic mass is 32.2. The molecule has 0 bridgehead atoms. The molecule has 0 aliphatic heterocycles. The van der Waals surface area contributed by atoms with Crippen molar-refractivity contribution in [3.05, 3.63) is 42.5 Å². The molecule has 18 heavy (non-hydrogen) atoms. The number of aromatic amines is 1. The molecular formula is C11H14N4O2S. The number of imidazole rings is 1. The first-order chi connectivity index (χ1) is 8.62. The molecule has 3 N–H and O–H groups in total. The predicted octanol–water partition coefficient (Wildman–Crippen LogP) is 0.930. The number of sulfonamides is 1. The van der Waals surface area contributed by atoms with Gasteiger partial charge >= 0.3 is 0 Å². The molecule has 0 fully saturated rings. The number of hydrogen-bond acceptors (Lipinski definition) is 4. The Morgan fingerprint density at radius 3 is 2.56 bits per heavy atom. The van der Waals surface area contributed by atoms with Gasteiger partial charge in [0.25, 0.3) is 0 Å². The number of anilines is 1. The van der Waals surface area contributed by atoms with E-state index >= 15 is 0 Å². The van der Waals surface area contributed by atoms with Crippen LogP contribution in [0.2, 0.25) is 0 Å². The molecule has 2 rings (SSSR count). The minimum atomic E-state index is -3.49. The van der Waals surface area contributed by atoms with Gasteiger partial charge in [0.1, 0.15) is 0 Å². The first kappa shape index (κ1) is 12.6. The first-order valence-corrected chi connectivity index (χ1v) is 6.85. The van der Waals surface area contributed by atoms with Crippen molar-refractivity contribution < 1.29 is 8.42 Å². The minimum Gasteiger partial charge on any atom is -0.388 e. The summed E-state index contributed by atoms with van der Waals surface area (Å²) in [5, 5.41) is 2.93. The standard InChI is InChI=1S/C11H14N4O2S/c1-12-9-2-4-11(5-3-9)18(16,17)15-7-10-6-13-8-14-10/h2-6,8,12,15H,7H2,1H3,(H,13,14). The molecule has 0 aliphatic rings. The number of H-pyrrole nitrogens is 1. The molecule has 0 saturated heterocycles. The van der Waals surface area contributed by atoms with Crippen LogP contribution in [-0.4, -0.2) is 25.4 Å². The zero-order valence-corrected chi connectivity index (χ0v) is 10.7. The normalized spacial score (nSPS) is 11.4. The van der Waals surface area contributed by atoms with E-state index < -0.39 is 10.0 Å². The monoisotopic (exact) mass is 266 g/mol. The van der Waals surface area contributed by atoms with Crippen molar-refractivity contribution in [2.24, 2.45) is 0 Å². The molecule has 0 atom stereocenters. The molecule has 2 aromatic rings. The third-order valence-electron chi connectivity index (χ3n) is 2.46. The molecule has 7 heteroatoms. The lowest BCUT2D eigenvalue weighted by Crippen LogP contribution is -2.23. The van der Waals surface area contributed by atoms with Gasteiger partial charge in [-0.25, -0.2) is 18.1 Å². The molecular weight excluding hydrogens is 252 g/mol. The van der Waals surface area contributed by atoms with Crippen LogP contribution in [0.4, 0.5) is 5.69 Å². The summed E-state index contributed by atoms with van der Waals surface area (Å²) in [4.78, 5) is 6.89. The number of rotatable bonds is 5. The van der Waals surface area contributed by atoms with Gasteiger partial charge in [0.2, 0.25) is 10.0 Å². The molecule has 0 saturated carbocycles. The lowest BCUT2D eigenvalue weighted by atomic mass is 10.3. The maximum atomic E-state index is 12.0. The van der Waals surface area contributed by atoms with Gasteiger partial charge in [-0.3, -0.25) is 0 Å². The summed E-state index contributed by atoms with van der Waals surface area (Å²) in [5.74, 6) is 0. The van der Waals surface area contributed by atoms with E-state index in [-0.39, 0.29) is 11.4 Å². The largest absolute Gasteiger partial charge is 0.388 e. The maximum Gasteiger partial charge on any atom is 0.240 e. The third kappa shape index (κ3) is 2.88. The molecule has 0 unspecified atom stereocenters. The van der Waals surface area contributed by atoms with Crippen molar-refractivity contribution in [1.29, 1.82) is 0 Å². The lowest BCUT2D eigenvalue weighted by molar-refractivity contribution is 0.580. The zero-order valence-electron chi connectivity index (χ0n) is 9.84. The second-order valence-electron chi connectivity index (χ2n) is 3.68. The summed E-state index contributed by atoms with van der Waals surface area (Å²) in [7, 11) is -1.71. The van der Waals surface area contributed by atoms with Crippen molar-refractivity contribution in [1.82, 2.24) is 14.7 Å². The van der Waals surface area contributed by atoms with Gasteiger partial charge in [-0.2, -0.15) is 0 Å². The quantitative estimate of drug-likeness (QED) is 0.751. The van der Waals surface area contributed by atoms with Gasteiger partial charge in [0.05, 0.1) is 17.8 Å². The predicted molar refractivity (Wildman–Crippen MR) is 68.6 cm³/mol. The maximum absolute atomic E-state index is 12.0. The van der Waals surface area contributed by atoms with Crippen LogP contribution in [0.25, 0.3) is 0 Å². The molecule has 0 spiro atoms. The topological polar surface area (TPSA) is 86.9 Å². The summed E-state index contributed by atoms with van der Waals surface area (Å²) in [6.45, 7) is 0.191. The SMILES string of the molecule is CNc1ccc(S(=O)(=O)NCc2cnc[nH]2)cc1. The summed E-state index contributed by atoms with van der Waals surface area (Å²) >= 11 is 0. The van der Waals surface area contributed by atoms with E-state index in [4.69, 9.17) is 0 Å². The second kappa shape index (κ2) is 5.19. The van der Waals surface area contributed by atoms with E-state index in [1.54, 1.807) is 37.5 Å². The Bertz CT molecular complexity index is 590. The molecule has 96 valence electrons. The second-order valence-corrected chi connectivity index (χ2v) is 5.44. The van der Waals surface area contributed by atoms with Gasteiger partial charge in [-0.1, -0.05) is 0 Å². The summed E-state index contributed by atoms with van der Waals surface area (Å²) in [5.41, 5.74) is 1.58. The average Bonchev–Trinajstić information content (AvgIpc) is 2.90. The van der Waals surface area contributed by atoms with Crippen LogP contribution in [0.3, 0.4) is 0 Å². The lowest BCUT2D eigenvalue weighted by Gasteiger charge is -2.06. The molecule has 1 heterocycles. The summed E-state index contributed by atoms with van der Waals surface area (Å²) < 4.78 is 26.4. The molecule has 1 aromatic carbocycles. The smallest absolute Gasteiger partial charge is 0.240 e. The van der Waals surface area contributed by atoms with Crippen molar-refractivity contribution in [2.45, 2.75) is 11.4 Å². The molecule has 0 aliphatic carbocycles. The Labute approximate surface area is 106 Å². The van der Waals surface area contributed by atoms with Crippen molar-refractivity contribution in [3.8, 4) is 0 Å². The highest BCUT2D eigenvalue weighted by molar-refractivity contribution is 7.89. The van der Waals surface area contributed by atoms with E-state index in [1.165, 1.54) is 6.33 Å². The number of hydrogen-bond donors (Lipinski definition) is 3. The average molecular weight is 266 g/mol. The van der Waals surface area contributed by atoms with Gasteiger partial charge in [0, 0.05) is 24.6 Å². The van der Waals surface area contributed by atoms with Crippen molar-refractivity contribution in [2.75, 3.05) is 12.4 Å². The van der Waals surface area contributed by atoms with Crippen LogP contribution < -0.4 is 10.0 Å². The first-order valence-electron chi connectivity index (χ1n) is 5.36. The van der Waals surface area contributed by atoms with E-state index in [2.05, 4.69) is 20.0 Å². The number of benzene rings is 1. The van der Waals surface area contributed by atoms with Gasteiger partial charge in [-0.05, 0) is 24.3 Å². The fourth-order valence-electron chi connectivity index (χ4n) is 1.44. The number of nitrogens with zero attached hydrogens (tertiary/aromatic N) is 1.